The zero-order chi connectivity index (χ0) is 24.8. The quantitative estimate of drug-likeness (QED) is 0.658. The van der Waals surface area contributed by atoms with E-state index in [0.29, 0.717) is 19.5 Å². The van der Waals surface area contributed by atoms with Gasteiger partial charge in [0.25, 0.3) is 0 Å². The lowest BCUT2D eigenvalue weighted by Gasteiger charge is -2.59. The van der Waals surface area contributed by atoms with Gasteiger partial charge in [0.1, 0.15) is 11.6 Å². The summed E-state index contributed by atoms with van der Waals surface area (Å²) in [7, 11) is 0. The van der Waals surface area contributed by atoms with Crippen LogP contribution in [0.4, 0.5) is 0 Å². The van der Waals surface area contributed by atoms with Gasteiger partial charge in [-0.05, 0) is 56.6 Å². The number of carbonyl (C=O) groups is 2. The molecular formula is C27H34N2O5S. The number of aryl methyl sites for hydroxylation is 1. The molecule has 0 spiro atoms. The van der Waals surface area contributed by atoms with E-state index in [-0.39, 0.29) is 40.7 Å². The number of fused-ring (bicyclic) bond motifs is 7. The number of ketones is 2. The predicted octanol–water partition coefficient (Wildman–Crippen LogP) is 3.00. The maximum Gasteiger partial charge on any atom is 0.192 e. The molecule has 1 aliphatic heterocycles. The van der Waals surface area contributed by atoms with Crippen molar-refractivity contribution in [1.82, 2.24) is 10.0 Å². The summed E-state index contributed by atoms with van der Waals surface area (Å²) in [6.07, 6.45) is 7.78. The summed E-state index contributed by atoms with van der Waals surface area (Å²) in [5.74, 6) is 0.123. The minimum atomic E-state index is -1.14. The van der Waals surface area contributed by atoms with Crippen LogP contribution in [0, 0.1) is 41.4 Å². The van der Waals surface area contributed by atoms with Crippen LogP contribution in [0.15, 0.2) is 29.2 Å². The van der Waals surface area contributed by atoms with E-state index >= 15 is 0 Å². The zero-order valence-electron chi connectivity index (χ0n) is 20.6. The molecule has 2 N–H and O–H groups in total. The molecule has 0 amide bonds. The van der Waals surface area contributed by atoms with Crippen molar-refractivity contribution in [3.05, 3.63) is 39.9 Å². The number of hydroxylamine groups is 2. The Kier molecular flexibility index (Phi) is 5.34. The zero-order valence-corrected chi connectivity index (χ0v) is 21.4. The molecular weight excluding hydrogens is 464 g/mol. The first-order chi connectivity index (χ1) is 16.6. The minimum Gasteiger partial charge on any atom is -0.393 e. The summed E-state index contributed by atoms with van der Waals surface area (Å²) >= 11 is 1.58. The van der Waals surface area contributed by atoms with Crippen molar-refractivity contribution in [2.24, 2.45) is 34.5 Å². The van der Waals surface area contributed by atoms with Crippen molar-refractivity contribution in [2.75, 3.05) is 13.2 Å². The maximum atomic E-state index is 13.5. The molecule has 8 unspecified atom stereocenters. The highest BCUT2D eigenvalue weighted by Crippen LogP contribution is 2.70. The highest BCUT2D eigenvalue weighted by molar-refractivity contribution is 7.09. The molecule has 4 fully saturated rings. The van der Waals surface area contributed by atoms with E-state index in [2.05, 4.69) is 18.8 Å². The molecule has 8 atom stereocenters. The first kappa shape index (κ1) is 23.7. The van der Waals surface area contributed by atoms with Crippen molar-refractivity contribution in [2.45, 2.75) is 64.7 Å². The predicted molar refractivity (Wildman–Crippen MR) is 130 cm³/mol. The molecule has 1 aromatic rings. The Balaban J connectivity index is 1.36. The van der Waals surface area contributed by atoms with Gasteiger partial charge in [-0.25, -0.2) is 4.98 Å². The van der Waals surface area contributed by atoms with Crippen LogP contribution in [0.2, 0.25) is 0 Å². The number of aliphatic hydroxyl groups is 2. The fourth-order valence-electron chi connectivity index (χ4n) is 8.78. The number of nitrogens with zero attached hydrogens (tertiary/aromatic N) is 2. The number of carbonyl (C=O) groups excluding carboxylic acids is 2. The van der Waals surface area contributed by atoms with Crippen molar-refractivity contribution in [3.8, 4) is 0 Å². The second-order valence-electron chi connectivity index (χ2n) is 11.8. The summed E-state index contributed by atoms with van der Waals surface area (Å²) in [4.78, 5) is 36.7. The van der Waals surface area contributed by atoms with E-state index in [1.54, 1.807) is 23.5 Å². The van der Waals surface area contributed by atoms with Gasteiger partial charge in [-0.2, -0.15) is 5.06 Å². The summed E-state index contributed by atoms with van der Waals surface area (Å²) < 4.78 is 0. The molecule has 8 heteroatoms. The van der Waals surface area contributed by atoms with E-state index in [4.69, 9.17) is 4.84 Å². The van der Waals surface area contributed by atoms with Crippen molar-refractivity contribution in [1.29, 1.82) is 0 Å². The van der Waals surface area contributed by atoms with Gasteiger partial charge in [0.15, 0.2) is 17.2 Å². The highest BCUT2D eigenvalue weighted by atomic mass is 32.1. The number of Topliss-reactive ketones (excluding diaryl/α,β-unsaturated/α-hetero) is 1. The lowest BCUT2D eigenvalue weighted by Crippen LogP contribution is -2.63. The minimum absolute atomic E-state index is 0.000530. The number of aliphatic hydroxyl groups excluding tert-OH is 2. The molecule has 3 saturated carbocycles. The Hall–Kier alpha value is -1.71. The Morgan fingerprint density at radius 3 is 2.89 bits per heavy atom. The van der Waals surface area contributed by atoms with Crippen LogP contribution in [0.3, 0.4) is 0 Å². The largest absolute Gasteiger partial charge is 0.393 e. The van der Waals surface area contributed by atoms with E-state index in [9.17, 15) is 19.8 Å². The van der Waals surface area contributed by atoms with Crippen LogP contribution in [-0.2, 0) is 21.0 Å². The van der Waals surface area contributed by atoms with Crippen molar-refractivity contribution in [3.63, 3.8) is 0 Å². The van der Waals surface area contributed by atoms with Crippen LogP contribution in [-0.4, -0.2) is 56.7 Å². The topological polar surface area (TPSA) is 100.0 Å². The van der Waals surface area contributed by atoms with E-state index < -0.39 is 23.7 Å². The smallest absolute Gasteiger partial charge is 0.192 e. The van der Waals surface area contributed by atoms with Gasteiger partial charge in [0.2, 0.25) is 0 Å². The van der Waals surface area contributed by atoms with E-state index in [1.807, 2.05) is 23.4 Å². The monoisotopic (exact) mass is 498 g/mol. The number of hydrogen-bond donors (Lipinski definition) is 2. The lowest BCUT2D eigenvalue weighted by molar-refractivity contribution is -0.254. The fourth-order valence-corrected chi connectivity index (χ4v) is 9.55. The van der Waals surface area contributed by atoms with Crippen LogP contribution in [0.1, 0.15) is 50.2 Å². The molecule has 7 nitrogen and oxygen atoms in total. The SMILES string of the molecule is Cc1csc(CN2CC3CC4C5CCC6=CC(=O)C=CC6(C)C5C(O)CC4(C)C3(C(=O)CO)O2)n1. The Bertz CT molecular complexity index is 1140. The van der Waals surface area contributed by atoms with Crippen molar-refractivity contribution >= 4 is 22.9 Å². The van der Waals surface area contributed by atoms with Gasteiger partial charge < -0.3 is 10.2 Å². The lowest BCUT2D eigenvalue weighted by atomic mass is 9.46. The summed E-state index contributed by atoms with van der Waals surface area (Å²) in [5.41, 5.74) is 0.0160. The molecule has 1 saturated heterocycles. The first-order valence-electron chi connectivity index (χ1n) is 12.7. The Morgan fingerprint density at radius 1 is 1.37 bits per heavy atom. The van der Waals surface area contributed by atoms with Crippen LogP contribution in [0.5, 0.6) is 0 Å². The number of hydrogen-bond acceptors (Lipinski definition) is 8. The number of allylic oxidation sites excluding steroid dienone is 4. The normalized spacial score (nSPS) is 44.4. The van der Waals surface area contributed by atoms with Gasteiger partial charge in [-0.3, -0.25) is 14.4 Å². The molecule has 188 valence electrons. The second kappa shape index (κ2) is 7.89. The van der Waals surface area contributed by atoms with Gasteiger partial charge in [-0.15, -0.1) is 11.3 Å². The fraction of sp³-hybridized carbons (Fsp3) is 0.667. The average molecular weight is 499 g/mol. The molecule has 0 bridgehead atoms. The van der Waals surface area contributed by atoms with E-state index in [0.717, 1.165) is 35.5 Å². The number of aromatic nitrogens is 1. The molecule has 4 aliphatic carbocycles. The van der Waals surface area contributed by atoms with E-state index in [1.165, 1.54) is 0 Å². The summed E-state index contributed by atoms with van der Waals surface area (Å²) in [6.45, 7) is 6.78. The molecule has 0 aromatic carbocycles. The molecule has 0 radical (unpaired) electrons. The van der Waals surface area contributed by atoms with Gasteiger partial charge >= 0.3 is 0 Å². The molecule has 5 aliphatic rings. The standard InChI is InChI=1S/C27H34N2O5S/c1-15-14-35-23(28-15)12-29-11-17-9-20-19-5-4-16-8-18(31)6-7-25(16,2)24(19)21(32)10-26(20,3)27(17,34-29)22(33)13-30/h6-8,14,17,19-21,24,30,32H,4-5,9-13H2,1-3H3. The Morgan fingerprint density at radius 2 is 2.17 bits per heavy atom. The molecule has 2 heterocycles. The van der Waals surface area contributed by atoms with Crippen LogP contribution < -0.4 is 0 Å². The van der Waals surface area contributed by atoms with Crippen LogP contribution >= 0.6 is 11.3 Å². The highest BCUT2D eigenvalue weighted by Gasteiger charge is 2.75. The van der Waals surface area contributed by atoms with Crippen LogP contribution in [0.25, 0.3) is 0 Å². The first-order valence-corrected chi connectivity index (χ1v) is 13.6. The Labute approximate surface area is 209 Å². The third-order valence-electron chi connectivity index (χ3n) is 10.1. The number of rotatable bonds is 4. The maximum absolute atomic E-state index is 13.5. The average Bonchev–Trinajstić information content (AvgIpc) is 3.45. The van der Waals surface area contributed by atoms with Gasteiger partial charge in [-0.1, -0.05) is 25.5 Å². The second-order valence-corrected chi connectivity index (χ2v) is 12.7. The summed E-state index contributed by atoms with van der Waals surface area (Å²) in [6, 6.07) is 0. The third-order valence-corrected chi connectivity index (χ3v) is 11.0. The summed E-state index contributed by atoms with van der Waals surface area (Å²) in [5, 5.41) is 26.6. The van der Waals surface area contributed by atoms with Gasteiger partial charge in [0, 0.05) is 40.3 Å². The molecule has 1 aromatic heterocycles. The number of thiazole rings is 1. The third kappa shape index (κ3) is 3.13. The van der Waals surface area contributed by atoms with Crippen molar-refractivity contribution < 1.29 is 24.6 Å². The van der Waals surface area contributed by atoms with Gasteiger partial charge in [0.05, 0.1) is 12.6 Å². The molecule has 6 rings (SSSR count). The molecule has 35 heavy (non-hydrogen) atoms.